The lowest BCUT2D eigenvalue weighted by Gasteiger charge is -2.04. The minimum Gasteiger partial charge on any atom is -0.398 e. The van der Waals surface area contributed by atoms with Crippen LogP contribution in [-0.2, 0) is 6.42 Å². The minimum absolute atomic E-state index is 0.878. The van der Waals surface area contributed by atoms with Gasteiger partial charge in [0.15, 0.2) is 0 Å². The van der Waals surface area contributed by atoms with E-state index in [4.69, 9.17) is 5.73 Å². The maximum Gasteiger partial charge on any atom is 0.0358 e. The van der Waals surface area contributed by atoms with E-state index in [2.05, 4.69) is 31.0 Å². The SMILES string of the molecule is CCc1c(N)ccc2scc(S)c12. The minimum atomic E-state index is 0.878. The van der Waals surface area contributed by atoms with Gasteiger partial charge in [-0.3, -0.25) is 0 Å². The van der Waals surface area contributed by atoms with Gasteiger partial charge in [0.1, 0.15) is 0 Å². The summed E-state index contributed by atoms with van der Waals surface area (Å²) in [5.74, 6) is 0. The number of benzene rings is 1. The molecule has 13 heavy (non-hydrogen) atoms. The second kappa shape index (κ2) is 3.24. The Morgan fingerprint density at radius 3 is 2.92 bits per heavy atom. The molecular weight excluding hydrogens is 198 g/mol. The molecule has 0 saturated heterocycles. The van der Waals surface area contributed by atoms with Crippen molar-refractivity contribution in [2.24, 2.45) is 0 Å². The van der Waals surface area contributed by atoms with Gasteiger partial charge in [-0.25, -0.2) is 0 Å². The van der Waals surface area contributed by atoms with Crippen molar-refractivity contribution in [1.82, 2.24) is 0 Å². The Hall–Kier alpha value is -0.670. The van der Waals surface area contributed by atoms with E-state index < -0.39 is 0 Å². The van der Waals surface area contributed by atoms with Gasteiger partial charge in [-0.15, -0.1) is 24.0 Å². The van der Waals surface area contributed by atoms with Crippen LogP contribution in [0.3, 0.4) is 0 Å². The first-order valence-corrected chi connectivity index (χ1v) is 5.54. The van der Waals surface area contributed by atoms with Crippen LogP contribution in [0, 0.1) is 0 Å². The molecule has 2 aromatic rings. The monoisotopic (exact) mass is 209 g/mol. The molecule has 1 aromatic heterocycles. The third-order valence-corrected chi connectivity index (χ3v) is 3.69. The topological polar surface area (TPSA) is 26.0 Å². The second-order valence-electron chi connectivity index (χ2n) is 2.98. The van der Waals surface area contributed by atoms with Crippen molar-refractivity contribution < 1.29 is 0 Å². The first-order valence-electron chi connectivity index (χ1n) is 4.21. The quantitative estimate of drug-likeness (QED) is 0.547. The lowest BCUT2D eigenvalue weighted by molar-refractivity contribution is 1.16. The molecule has 2 rings (SSSR count). The first-order chi connectivity index (χ1) is 6.24. The average molecular weight is 209 g/mol. The van der Waals surface area contributed by atoms with Crippen LogP contribution in [0.15, 0.2) is 22.4 Å². The van der Waals surface area contributed by atoms with Crippen molar-refractivity contribution in [3.05, 3.63) is 23.1 Å². The van der Waals surface area contributed by atoms with Crippen molar-refractivity contribution in [3.63, 3.8) is 0 Å². The van der Waals surface area contributed by atoms with E-state index in [1.165, 1.54) is 15.6 Å². The predicted molar refractivity (Wildman–Crippen MR) is 62.9 cm³/mol. The molecule has 2 N–H and O–H groups in total. The van der Waals surface area contributed by atoms with E-state index in [0.29, 0.717) is 0 Å². The Balaban J connectivity index is 2.88. The highest BCUT2D eigenvalue weighted by molar-refractivity contribution is 7.80. The van der Waals surface area contributed by atoms with E-state index in [0.717, 1.165) is 17.0 Å². The molecule has 0 bridgehead atoms. The maximum absolute atomic E-state index is 5.90. The molecule has 0 amide bonds. The van der Waals surface area contributed by atoms with Crippen LogP contribution in [0.5, 0.6) is 0 Å². The van der Waals surface area contributed by atoms with Crippen LogP contribution in [-0.4, -0.2) is 0 Å². The molecule has 68 valence electrons. The number of hydrogen-bond donors (Lipinski definition) is 2. The van der Waals surface area contributed by atoms with Crippen LogP contribution in [0.1, 0.15) is 12.5 Å². The van der Waals surface area contributed by atoms with Gasteiger partial charge in [0, 0.05) is 26.0 Å². The van der Waals surface area contributed by atoms with E-state index >= 15 is 0 Å². The van der Waals surface area contributed by atoms with Crippen LogP contribution in [0.25, 0.3) is 10.1 Å². The highest BCUT2D eigenvalue weighted by Gasteiger charge is 2.07. The fraction of sp³-hybridized carbons (Fsp3) is 0.200. The molecule has 0 unspecified atom stereocenters. The third kappa shape index (κ3) is 1.32. The smallest absolute Gasteiger partial charge is 0.0358 e. The van der Waals surface area contributed by atoms with Crippen LogP contribution < -0.4 is 5.73 Å². The third-order valence-electron chi connectivity index (χ3n) is 2.22. The van der Waals surface area contributed by atoms with E-state index in [1.807, 2.05) is 6.07 Å². The summed E-state index contributed by atoms with van der Waals surface area (Å²) < 4.78 is 1.27. The number of aryl methyl sites for hydroxylation is 1. The van der Waals surface area contributed by atoms with Gasteiger partial charge in [-0.1, -0.05) is 6.92 Å². The summed E-state index contributed by atoms with van der Waals surface area (Å²) in [4.78, 5) is 1.05. The number of nitrogen functional groups attached to an aromatic ring is 1. The molecule has 1 aromatic carbocycles. The van der Waals surface area contributed by atoms with E-state index in [9.17, 15) is 0 Å². The zero-order valence-corrected chi connectivity index (χ0v) is 9.08. The van der Waals surface area contributed by atoms with Crippen molar-refractivity contribution in [2.45, 2.75) is 18.2 Å². The Morgan fingerprint density at radius 1 is 1.46 bits per heavy atom. The van der Waals surface area contributed by atoms with Gasteiger partial charge in [-0.05, 0) is 24.1 Å². The summed E-state index contributed by atoms with van der Waals surface area (Å²) >= 11 is 6.15. The number of nitrogens with two attached hydrogens (primary N) is 1. The summed E-state index contributed by atoms with van der Waals surface area (Å²) in [5.41, 5.74) is 8.00. The Bertz CT molecular complexity index is 445. The first kappa shape index (κ1) is 8.91. The largest absolute Gasteiger partial charge is 0.398 e. The Morgan fingerprint density at radius 2 is 2.23 bits per heavy atom. The standard InChI is InChI=1S/C10H11NS2/c1-2-6-7(11)3-4-9-10(6)8(12)5-13-9/h3-5,12H,2,11H2,1H3. The second-order valence-corrected chi connectivity index (χ2v) is 4.37. The Labute approximate surface area is 87.0 Å². The van der Waals surface area contributed by atoms with E-state index in [-0.39, 0.29) is 0 Å². The lowest BCUT2D eigenvalue weighted by Crippen LogP contribution is -1.92. The molecule has 0 radical (unpaired) electrons. The molecule has 0 saturated carbocycles. The summed E-state index contributed by atoms with van der Waals surface area (Å²) in [5, 5.41) is 3.29. The van der Waals surface area contributed by atoms with Crippen LogP contribution >= 0.6 is 24.0 Å². The van der Waals surface area contributed by atoms with Crippen LogP contribution in [0.2, 0.25) is 0 Å². The molecule has 0 aliphatic rings. The summed E-state index contributed by atoms with van der Waals surface area (Å²) in [6, 6.07) is 4.04. The molecule has 3 heteroatoms. The average Bonchev–Trinajstić information content (AvgIpc) is 2.49. The molecule has 1 heterocycles. The summed E-state index contributed by atoms with van der Waals surface area (Å²) in [6.45, 7) is 2.12. The lowest BCUT2D eigenvalue weighted by atomic mass is 10.1. The van der Waals surface area contributed by atoms with Gasteiger partial charge in [0.25, 0.3) is 0 Å². The van der Waals surface area contributed by atoms with Gasteiger partial charge >= 0.3 is 0 Å². The van der Waals surface area contributed by atoms with Crippen molar-refractivity contribution in [3.8, 4) is 0 Å². The normalized spacial score (nSPS) is 10.9. The van der Waals surface area contributed by atoms with Crippen molar-refractivity contribution >= 4 is 39.7 Å². The zero-order valence-electron chi connectivity index (χ0n) is 7.37. The van der Waals surface area contributed by atoms with Gasteiger partial charge in [0.05, 0.1) is 0 Å². The number of fused-ring (bicyclic) bond motifs is 1. The molecule has 0 aliphatic carbocycles. The van der Waals surface area contributed by atoms with Crippen molar-refractivity contribution in [1.29, 1.82) is 0 Å². The van der Waals surface area contributed by atoms with Gasteiger partial charge in [-0.2, -0.15) is 0 Å². The number of thiophene rings is 1. The summed E-state index contributed by atoms with van der Waals surface area (Å²) in [7, 11) is 0. The predicted octanol–water partition coefficient (Wildman–Crippen LogP) is 3.33. The Kier molecular flexibility index (Phi) is 2.22. The number of anilines is 1. The van der Waals surface area contributed by atoms with Gasteiger partial charge < -0.3 is 5.73 Å². The molecular formula is C10H11NS2. The maximum atomic E-state index is 5.90. The number of rotatable bonds is 1. The molecule has 0 aliphatic heterocycles. The highest BCUT2D eigenvalue weighted by Crippen LogP contribution is 2.34. The molecule has 0 atom stereocenters. The fourth-order valence-electron chi connectivity index (χ4n) is 1.58. The fourth-order valence-corrected chi connectivity index (χ4v) is 2.92. The van der Waals surface area contributed by atoms with E-state index in [1.54, 1.807) is 11.3 Å². The molecule has 1 nitrogen and oxygen atoms in total. The molecule has 0 fully saturated rings. The zero-order chi connectivity index (χ0) is 9.42. The molecule has 0 spiro atoms. The van der Waals surface area contributed by atoms with Crippen LogP contribution in [0.4, 0.5) is 5.69 Å². The number of hydrogen-bond acceptors (Lipinski definition) is 3. The summed E-state index contributed by atoms with van der Waals surface area (Å²) in [6.07, 6.45) is 0.966. The van der Waals surface area contributed by atoms with Crippen molar-refractivity contribution in [2.75, 3.05) is 5.73 Å². The van der Waals surface area contributed by atoms with Gasteiger partial charge in [0.2, 0.25) is 0 Å². The highest BCUT2D eigenvalue weighted by atomic mass is 32.1. The number of thiol groups is 1.